The van der Waals surface area contributed by atoms with Gasteiger partial charge in [0, 0.05) is 6.04 Å². The number of nitrogens with zero attached hydrogens (tertiary/aromatic N) is 1. The third-order valence-electron chi connectivity index (χ3n) is 3.24. The zero-order valence-corrected chi connectivity index (χ0v) is 10.8. The van der Waals surface area contributed by atoms with Crippen molar-refractivity contribution in [2.45, 2.75) is 45.2 Å². The van der Waals surface area contributed by atoms with Crippen LogP contribution in [0.25, 0.3) is 0 Å². The molecule has 1 aromatic rings. The fourth-order valence-corrected chi connectivity index (χ4v) is 2.05. The van der Waals surface area contributed by atoms with E-state index in [-0.39, 0.29) is 11.7 Å². The third-order valence-corrected chi connectivity index (χ3v) is 3.24. The van der Waals surface area contributed by atoms with Gasteiger partial charge in [-0.3, -0.25) is 15.1 Å². The summed E-state index contributed by atoms with van der Waals surface area (Å²) >= 11 is 0. The van der Waals surface area contributed by atoms with E-state index in [0.717, 1.165) is 18.8 Å². The van der Waals surface area contributed by atoms with E-state index < -0.39 is 0 Å². The summed E-state index contributed by atoms with van der Waals surface area (Å²) in [6.45, 7) is 4.07. The Morgan fingerprint density at radius 3 is 2.94 bits per heavy atom. The highest BCUT2D eigenvalue weighted by Gasteiger charge is 2.29. The maximum absolute atomic E-state index is 11.3. The first-order valence-electron chi connectivity index (χ1n) is 6.58. The van der Waals surface area contributed by atoms with Crippen molar-refractivity contribution in [3.8, 4) is 0 Å². The van der Waals surface area contributed by atoms with Crippen molar-refractivity contribution in [2.24, 2.45) is 5.84 Å². The van der Waals surface area contributed by atoms with Gasteiger partial charge >= 0.3 is 5.91 Å². The van der Waals surface area contributed by atoms with Crippen LogP contribution in [0.15, 0.2) is 16.5 Å². The summed E-state index contributed by atoms with van der Waals surface area (Å²) in [5.41, 5.74) is 2.07. The smallest absolute Gasteiger partial charge is 0.300 e. The standard InChI is InChI=1S/C13H21N3O2/c1-2-3-8-16(10-4-5-10)9-11-6-7-12(18-11)13(17)15-14/h6-7,10H,2-5,8-9,14H2,1H3,(H,15,17). The van der Waals surface area contributed by atoms with Gasteiger partial charge < -0.3 is 4.42 Å². The average Bonchev–Trinajstić information content (AvgIpc) is 3.13. The Kier molecular flexibility index (Phi) is 4.38. The van der Waals surface area contributed by atoms with Gasteiger partial charge in [0.25, 0.3) is 0 Å². The number of hydrogen-bond acceptors (Lipinski definition) is 4. The average molecular weight is 251 g/mol. The van der Waals surface area contributed by atoms with Crippen LogP contribution < -0.4 is 11.3 Å². The Bertz CT molecular complexity index is 399. The molecule has 1 aliphatic rings. The van der Waals surface area contributed by atoms with Gasteiger partial charge in [-0.2, -0.15) is 0 Å². The Morgan fingerprint density at radius 1 is 1.56 bits per heavy atom. The molecule has 0 atom stereocenters. The second kappa shape index (κ2) is 6.02. The van der Waals surface area contributed by atoms with E-state index >= 15 is 0 Å². The van der Waals surface area contributed by atoms with Gasteiger partial charge in [-0.05, 0) is 37.9 Å². The Morgan fingerprint density at radius 2 is 2.33 bits per heavy atom. The zero-order valence-electron chi connectivity index (χ0n) is 10.8. The molecule has 100 valence electrons. The van der Waals surface area contributed by atoms with E-state index in [2.05, 4.69) is 17.2 Å². The molecule has 1 aromatic heterocycles. The zero-order chi connectivity index (χ0) is 13.0. The topological polar surface area (TPSA) is 71.5 Å². The number of hydrazine groups is 1. The second-order valence-corrected chi connectivity index (χ2v) is 4.79. The molecule has 0 aromatic carbocycles. The van der Waals surface area contributed by atoms with Gasteiger partial charge in [-0.15, -0.1) is 0 Å². The number of furan rings is 1. The Hall–Kier alpha value is -1.33. The molecule has 18 heavy (non-hydrogen) atoms. The molecule has 2 rings (SSSR count). The van der Waals surface area contributed by atoms with E-state index in [4.69, 9.17) is 10.3 Å². The van der Waals surface area contributed by atoms with Gasteiger partial charge in [-0.1, -0.05) is 13.3 Å². The molecule has 5 heteroatoms. The number of hydrogen-bond donors (Lipinski definition) is 2. The van der Waals surface area contributed by atoms with Crippen LogP contribution in [0.1, 0.15) is 48.9 Å². The van der Waals surface area contributed by atoms with Crippen molar-refractivity contribution < 1.29 is 9.21 Å². The lowest BCUT2D eigenvalue weighted by Crippen LogP contribution is -2.29. The first kappa shape index (κ1) is 13.1. The van der Waals surface area contributed by atoms with Crippen LogP contribution in [0.3, 0.4) is 0 Å². The lowest BCUT2D eigenvalue weighted by atomic mass is 10.3. The first-order valence-corrected chi connectivity index (χ1v) is 6.58. The molecule has 3 N–H and O–H groups in total. The number of nitrogens with two attached hydrogens (primary N) is 1. The Balaban J connectivity index is 1.93. The number of amides is 1. The van der Waals surface area contributed by atoms with Gasteiger partial charge in [0.1, 0.15) is 5.76 Å². The van der Waals surface area contributed by atoms with Crippen LogP contribution in [0, 0.1) is 0 Å². The predicted molar refractivity (Wildman–Crippen MR) is 68.7 cm³/mol. The number of rotatable bonds is 7. The number of nitrogens with one attached hydrogen (secondary N) is 1. The maximum Gasteiger partial charge on any atom is 0.300 e. The van der Waals surface area contributed by atoms with E-state index in [0.29, 0.717) is 6.04 Å². The molecule has 0 bridgehead atoms. The number of carbonyl (C=O) groups excluding carboxylic acids is 1. The van der Waals surface area contributed by atoms with Crippen molar-refractivity contribution in [3.63, 3.8) is 0 Å². The first-order chi connectivity index (χ1) is 8.74. The molecule has 5 nitrogen and oxygen atoms in total. The lowest BCUT2D eigenvalue weighted by Gasteiger charge is -2.20. The molecule has 0 aliphatic heterocycles. The normalized spacial score (nSPS) is 15.1. The number of carbonyl (C=O) groups is 1. The van der Waals surface area contributed by atoms with Crippen molar-refractivity contribution in [2.75, 3.05) is 6.54 Å². The van der Waals surface area contributed by atoms with Gasteiger partial charge in [0.05, 0.1) is 6.54 Å². The highest BCUT2D eigenvalue weighted by atomic mass is 16.4. The Labute approximate surface area is 107 Å². The minimum absolute atomic E-state index is 0.277. The second-order valence-electron chi connectivity index (χ2n) is 4.79. The molecule has 1 aliphatic carbocycles. The van der Waals surface area contributed by atoms with Crippen LogP contribution >= 0.6 is 0 Å². The molecule has 1 fully saturated rings. The number of nitrogen functional groups attached to an aromatic ring is 1. The summed E-state index contributed by atoms with van der Waals surface area (Å²) < 4.78 is 5.49. The van der Waals surface area contributed by atoms with Crippen molar-refractivity contribution in [1.29, 1.82) is 0 Å². The molecule has 0 unspecified atom stereocenters. The van der Waals surface area contributed by atoms with E-state index in [1.807, 2.05) is 6.07 Å². The molecule has 0 spiro atoms. The minimum Gasteiger partial charge on any atom is -0.455 e. The van der Waals surface area contributed by atoms with Crippen LogP contribution in [0.2, 0.25) is 0 Å². The highest BCUT2D eigenvalue weighted by Crippen LogP contribution is 2.28. The summed E-state index contributed by atoms with van der Waals surface area (Å²) in [4.78, 5) is 13.7. The number of unbranched alkanes of at least 4 members (excludes halogenated alkanes) is 1. The van der Waals surface area contributed by atoms with Crippen molar-refractivity contribution >= 4 is 5.91 Å². The van der Waals surface area contributed by atoms with Gasteiger partial charge in [-0.25, -0.2) is 5.84 Å². The largest absolute Gasteiger partial charge is 0.455 e. The van der Waals surface area contributed by atoms with E-state index in [1.165, 1.54) is 25.7 Å². The van der Waals surface area contributed by atoms with Gasteiger partial charge in [0.2, 0.25) is 0 Å². The molecule has 1 heterocycles. The van der Waals surface area contributed by atoms with Crippen LogP contribution in [0.4, 0.5) is 0 Å². The minimum atomic E-state index is -0.382. The molecule has 0 saturated heterocycles. The summed E-state index contributed by atoms with van der Waals surface area (Å²) in [5.74, 6) is 5.79. The van der Waals surface area contributed by atoms with Gasteiger partial charge in [0.15, 0.2) is 5.76 Å². The molecular formula is C13H21N3O2. The summed E-state index contributed by atoms with van der Waals surface area (Å²) in [7, 11) is 0. The summed E-state index contributed by atoms with van der Waals surface area (Å²) in [6.07, 6.45) is 4.96. The third kappa shape index (κ3) is 3.34. The summed E-state index contributed by atoms with van der Waals surface area (Å²) in [6, 6.07) is 4.22. The van der Waals surface area contributed by atoms with Crippen LogP contribution in [0.5, 0.6) is 0 Å². The molecular weight excluding hydrogens is 230 g/mol. The van der Waals surface area contributed by atoms with Crippen molar-refractivity contribution in [3.05, 3.63) is 23.7 Å². The SMILES string of the molecule is CCCCN(Cc1ccc(C(=O)NN)o1)C1CC1. The fraction of sp³-hybridized carbons (Fsp3) is 0.615. The fourth-order valence-electron chi connectivity index (χ4n) is 2.05. The maximum atomic E-state index is 11.3. The lowest BCUT2D eigenvalue weighted by molar-refractivity contribution is 0.0921. The monoisotopic (exact) mass is 251 g/mol. The van der Waals surface area contributed by atoms with Crippen LogP contribution in [-0.4, -0.2) is 23.4 Å². The molecule has 1 saturated carbocycles. The van der Waals surface area contributed by atoms with Crippen LogP contribution in [-0.2, 0) is 6.54 Å². The van der Waals surface area contributed by atoms with E-state index in [9.17, 15) is 4.79 Å². The quantitative estimate of drug-likeness (QED) is 0.439. The predicted octanol–water partition coefficient (Wildman–Crippen LogP) is 1.65. The molecule has 0 radical (unpaired) electrons. The summed E-state index contributed by atoms with van der Waals surface area (Å²) in [5, 5.41) is 0. The highest BCUT2D eigenvalue weighted by molar-refractivity contribution is 5.90. The van der Waals surface area contributed by atoms with E-state index in [1.54, 1.807) is 6.07 Å². The molecule has 1 amide bonds. The van der Waals surface area contributed by atoms with Crippen molar-refractivity contribution in [1.82, 2.24) is 10.3 Å².